The molecule has 2 rings (SSSR count). The van der Waals surface area contributed by atoms with E-state index in [1.807, 2.05) is 12.1 Å². The van der Waals surface area contributed by atoms with E-state index in [2.05, 4.69) is 0 Å². The van der Waals surface area contributed by atoms with E-state index in [0.29, 0.717) is 19.0 Å². The molecule has 0 unspecified atom stereocenters. The highest BCUT2D eigenvalue weighted by Crippen LogP contribution is 2.30. The van der Waals surface area contributed by atoms with Crippen molar-refractivity contribution in [2.45, 2.75) is 18.8 Å². The maximum Gasteiger partial charge on any atom is 0.281 e. The molecule has 0 atom stereocenters. The lowest BCUT2D eigenvalue weighted by Gasteiger charge is -2.32. The number of aromatic hydroxyl groups is 1. The highest BCUT2D eigenvalue weighted by atomic mass is 32.2. The quantitative estimate of drug-likeness (QED) is 0.912. The Morgan fingerprint density at radius 3 is 2.16 bits per heavy atom. The van der Waals surface area contributed by atoms with Gasteiger partial charge < -0.3 is 5.11 Å². The monoisotopic (exact) mass is 284 g/mol. The molecule has 0 saturated carbocycles. The Hall–Kier alpha value is -1.11. The van der Waals surface area contributed by atoms with Gasteiger partial charge in [-0.2, -0.15) is 17.0 Å². The van der Waals surface area contributed by atoms with Gasteiger partial charge in [0, 0.05) is 27.2 Å². The number of benzene rings is 1. The van der Waals surface area contributed by atoms with E-state index in [0.717, 1.165) is 12.8 Å². The Bertz CT molecular complexity index is 517. The number of piperidine rings is 1. The summed E-state index contributed by atoms with van der Waals surface area (Å²) < 4.78 is 26.8. The first-order valence-electron chi connectivity index (χ1n) is 6.38. The van der Waals surface area contributed by atoms with E-state index in [-0.39, 0.29) is 5.75 Å². The molecule has 0 radical (unpaired) electrons. The standard InChI is InChI=1S/C13H20N2O3S/c1-14(2)19(17,18)15-9-7-12(8-10-15)11-3-5-13(16)6-4-11/h3-6,12,16H,7-10H2,1-2H3. The maximum absolute atomic E-state index is 12.0. The molecule has 106 valence electrons. The fraction of sp³-hybridized carbons (Fsp3) is 0.538. The molecule has 19 heavy (non-hydrogen) atoms. The minimum absolute atomic E-state index is 0.261. The van der Waals surface area contributed by atoms with Crippen LogP contribution in [0.1, 0.15) is 24.3 Å². The molecule has 1 N–H and O–H groups in total. The van der Waals surface area contributed by atoms with Crippen LogP contribution in [0.5, 0.6) is 5.75 Å². The van der Waals surface area contributed by atoms with Crippen LogP contribution in [-0.4, -0.2) is 49.3 Å². The van der Waals surface area contributed by atoms with Gasteiger partial charge in [-0.1, -0.05) is 12.1 Å². The Morgan fingerprint density at radius 1 is 1.16 bits per heavy atom. The van der Waals surface area contributed by atoms with Crippen molar-refractivity contribution < 1.29 is 13.5 Å². The van der Waals surface area contributed by atoms with E-state index in [9.17, 15) is 13.5 Å². The van der Waals surface area contributed by atoms with Crippen molar-refractivity contribution in [3.63, 3.8) is 0 Å². The van der Waals surface area contributed by atoms with Gasteiger partial charge in [-0.25, -0.2) is 0 Å². The van der Waals surface area contributed by atoms with Crippen LogP contribution >= 0.6 is 0 Å². The van der Waals surface area contributed by atoms with Gasteiger partial charge >= 0.3 is 0 Å². The summed E-state index contributed by atoms with van der Waals surface area (Å²) in [4.78, 5) is 0. The highest BCUT2D eigenvalue weighted by Gasteiger charge is 2.29. The number of phenolic OH excluding ortho intramolecular Hbond substituents is 1. The van der Waals surface area contributed by atoms with Crippen LogP contribution in [0.15, 0.2) is 24.3 Å². The van der Waals surface area contributed by atoms with Crippen molar-refractivity contribution in [3.05, 3.63) is 29.8 Å². The zero-order chi connectivity index (χ0) is 14.0. The van der Waals surface area contributed by atoms with E-state index >= 15 is 0 Å². The summed E-state index contributed by atoms with van der Waals surface area (Å²) in [5.74, 6) is 0.630. The second-order valence-corrected chi connectivity index (χ2v) is 7.20. The highest BCUT2D eigenvalue weighted by molar-refractivity contribution is 7.86. The second-order valence-electron chi connectivity index (χ2n) is 5.06. The molecular formula is C13H20N2O3S. The average Bonchev–Trinajstić information content (AvgIpc) is 2.39. The predicted octanol–water partition coefficient (Wildman–Crippen LogP) is 1.38. The van der Waals surface area contributed by atoms with Gasteiger partial charge in [0.15, 0.2) is 0 Å². The van der Waals surface area contributed by atoms with Crippen molar-refractivity contribution in [2.75, 3.05) is 27.2 Å². The minimum atomic E-state index is -3.29. The molecule has 1 fully saturated rings. The number of hydrogen-bond donors (Lipinski definition) is 1. The molecule has 1 aliphatic heterocycles. The van der Waals surface area contributed by atoms with Crippen molar-refractivity contribution in [3.8, 4) is 5.75 Å². The fourth-order valence-corrected chi connectivity index (χ4v) is 3.53. The summed E-state index contributed by atoms with van der Waals surface area (Å²) in [5.41, 5.74) is 1.17. The molecule has 0 aliphatic carbocycles. The topological polar surface area (TPSA) is 60.9 Å². The molecular weight excluding hydrogens is 264 g/mol. The summed E-state index contributed by atoms with van der Waals surface area (Å²) in [5, 5.41) is 9.27. The SMILES string of the molecule is CN(C)S(=O)(=O)N1CCC(c2ccc(O)cc2)CC1. The number of phenols is 1. The van der Waals surface area contributed by atoms with Gasteiger partial charge in [-0.15, -0.1) is 0 Å². The van der Waals surface area contributed by atoms with Gasteiger partial charge in [0.1, 0.15) is 5.75 Å². The molecule has 0 amide bonds. The molecule has 0 spiro atoms. The predicted molar refractivity (Wildman–Crippen MR) is 74.3 cm³/mol. The Morgan fingerprint density at radius 2 is 1.68 bits per heavy atom. The van der Waals surface area contributed by atoms with Crippen LogP contribution in [0.25, 0.3) is 0 Å². The van der Waals surface area contributed by atoms with Crippen LogP contribution in [-0.2, 0) is 10.2 Å². The van der Waals surface area contributed by atoms with Crippen LogP contribution in [0, 0.1) is 0 Å². The fourth-order valence-electron chi connectivity index (χ4n) is 2.40. The van der Waals surface area contributed by atoms with Gasteiger partial charge in [0.25, 0.3) is 10.2 Å². The molecule has 1 aliphatic rings. The van der Waals surface area contributed by atoms with Gasteiger partial charge in [0.2, 0.25) is 0 Å². The Labute approximate surface area is 114 Å². The third kappa shape index (κ3) is 3.08. The summed E-state index contributed by atoms with van der Waals surface area (Å²) in [6.45, 7) is 1.10. The van der Waals surface area contributed by atoms with Crippen LogP contribution in [0.2, 0.25) is 0 Å². The van der Waals surface area contributed by atoms with Gasteiger partial charge in [-0.3, -0.25) is 0 Å². The summed E-state index contributed by atoms with van der Waals surface area (Å²) in [7, 11) is -0.172. The molecule has 1 heterocycles. The summed E-state index contributed by atoms with van der Waals surface area (Å²) in [6, 6.07) is 7.18. The second kappa shape index (κ2) is 5.48. The molecule has 0 aromatic heterocycles. The minimum Gasteiger partial charge on any atom is -0.508 e. The molecule has 0 bridgehead atoms. The van der Waals surface area contributed by atoms with E-state index in [4.69, 9.17) is 0 Å². The molecule has 5 nitrogen and oxygen atoms in total. The smallest absolute Gasteiger partial charge is 0.281 e. The normalized spacial score (nSPS) is 18.9. The van der Waals surface area contributed by atoms with Crippen LogP contribution in [0.4, 0.5) is 0 Å². The molecule has 1 saturated heterocycles. The lowest BCUT2D eigenvalue weighted by molar-refractivity contribution is 0.302. The first kappa shape index (κ1) is 14.3. The zero-order valence-electron chi connectivity index (χ0n) is 11.3. The Balaban J connectivity index is 2.02. The van der Waals surface area contributed by atoms with Crippen LogP contribution < -0.4 is 0 Å². The third-order valence-corrected chi connectivity index (χ3v) is 5.55. The summed E-state index contributed by atoms with van der Waals surface area (Å²) in [6.07, 6.45) is 1.63. The lowest BCUT2D eigenvalue weighted by Crippen LogP contribution is -2.44. The number of rotatable bonds is 3. The third-order valence-electron chi connectivity index (χ3n) is 3.61. The lowest BCUT2D eigenvalue weighted by atomic mass is 9.90. The largest absolute Gasteiger partial charge is 0.508 e. The van der Waals surface area contributed by atoms with Crippen molar-refractivity contribution in [1.82, 2.24) is 8.61 Å². The molecule has 1 aromatic rings. The molecule has 6 heteroatoms. The number of nitrogens with zero attached hydrogens (tertiary/aromatic N) is 2. The van der Waals surface area contributed by atoms with E-state index in [1.165, 1.54) is 14.2 Å². The molecule has 1 aromatic carbocycles. The Kier molecular flexibility index (Phi) is 4.13. The first-order chi connectivity index (χ1) is 8.91. The van der Waals surface area contributed by atoms with Crippen LogP contribution in [0.3, 0.4) is 0 Å². The van der Waals surface area contributed by atoms with E-state index in [1.54, 1.807) is 26.2 Å². The van der Waals surface area contributed by atoms with Crippen molar-refractivity contribution in [1.29, 1.82) is 0 Å². The first-order valence-corrected chi connectivity index (χ1v) is 7.77. The van der Waals surface area contributed by atoms with E-state index < -0.39 is 10.2 Å². The van der Waals surface area contributed by atoms with Crippen molar-refractivity contribution >= 4 is 10.2 Å². The summed E-state index contributed by atoms with van der Waals surface area (Å²) >= 11 is 0. The number of hydrogen-bond acceptors (Lipinski definition) is 3. The average molecular weight is 284 g/mol. The van der Waals surface area contributed by atoms with Gasteiger partial charge in [-0.05, 0) is 36.5 Å². The zero-order valence-corrected chi connectivity index (χ0v) is 12.1. The maximum atomic E-state index is 12.0. The van der Waals surface area contributed by atoms with Gasteiger partial charge in [0.05, 0.1) is 0 Å². The van der Waals surface area contributed by atoms with Crippen molar-refractivity contribution in [2.24, 2.45) is 0 Å².